The molecule has 3 heterocycles. The maximum absolute atomic E-state index is 13.3. The van der Waals surface area contributed by atoms with Crippen molar-refractivity contribution < 1.29 is 14.4 Å². The van der Waals surface area contributed by atoms with Gasteiger partial charge in [-0.25, -0.2) is 0 Å². The topological polar surface area (TPSA) is 137 Å². The van der Waals surface area contributed by atoms with Gasteiger partial charge in [0, 0.05) is 31.2 Å². The summed E-state index contributed by atoms with van der Waals surface area (Å²) in [5.41, 5.74) is 14.3. The van der Waals surface area contributed by atoms with Gasteiger partial charge in [-0.2, -0.15) is 5.26 Å². The fourth-order valence-corrected chi connectivity index (χ4v) is 6.05. The first kappa shape index (κ1) is 20.9. The average molecular weight is 437 g/mol. The number of aryl methyl sites for hydroxylation is 1. The second-order valence-electron chi connectivity index (χ2n) is 9.36. The Morgan fingerprint density at radius 1 is 1.25 bits per heavy atom. The van der Waals surface area contributed by atoms with Crippen molar-refractivity contribution in [2.45, 2.75) is 62.3 Å². The molecule has 4 aliphatic rings. The van der Waals surface area contributed by atoms with Crippen LogP contribution in [0.2, 0.25) is 0 Å². The lowest BCUT2D eigenvalue weighted by Gasteiger charge is -2.38. The highest BCUT2D eigenvalue weighted by Gasteiger charge is 2.53. The van der Waals surface area contributed by atoms with Crippen LogP contribution in [-0.2, 0) is 16.0 Å². The molecular weight excluding hydrogens is 408 g/mol. The third kappa shape index (κ3) is 3.26. The van der Waals surface area contributed by atoms with Crippen LogP contribution >= 0.6 is 0 Å². The van der Waals surface area contributed by atoms with Crippen LogP contribution in [0.4, 0.5) is 0 Å². The Morgan fingerprint density at radius 2 is 2.06 bits per heavy atom. The SMILES string of the molecule is N#C[C@@H]1CCCN1C(=O)[C@@H](N)CN1C[C@H]2C[C@@H]1C(=O)N2[C@@H]1CCc2cc(C(N)=O)ccc21. The Bertz CT molecular complexity index is 1020. The number of piperazine rings is 1. The van der Waals surface area contributed by atoms with Crippen molar-refractivity contribution in [2.24, 2.45) is 11.5 Å². The third-order valence-corrected chi connectivity index (χ3v) is 7.56. The molecule has 0 radical (unpaired) electrons. The van der Waals surface area contributed by atoms with Crippen molar-refractivity contribution in [3.05, 3.63) is 34.9 Å². The van der Waals surface area contributed by atoms with E-state index in [0.717, 1.165) is 36.8 Å². The first-order valence-electron chi connectivity index (χ1n) is 11.3. The zero-order valence-corrected chi connectivity index (χ0v) is 17.9. The normalized spacial score (nSPS) is 29.9. The lowest BCUT2D eigenvalue weighted by atomic mass is 10.0. The van der Waals surface area contributed by atoms with Gasteiger partial charge in [-0.1, -0.05) is 6.07 Å². The van der Waals surface area contributed by atoms with Gasteiger partial charge in [0.1, 0.15) is 6.04 Å². The van der Waals surface area contributed by atoms with Gasteiger partial charge in [0.25, 0.3) is 0 Å². The van der Waals surface area contributed by atoms with Gasteiger partial charge in [0.05, 0.1) is 24.2 Å². The van der Waals surface area contributed by atoms with Crippen molar-refractivity contribution in [1.29, 1.82) is 5.26 Å². The van der Waals surface area contributed by atoms with Crippen molar-refractivity contribution in [3.8, 4) is 6.07 Å². The van der Waals surface area contributed by atoms with Crippen molar-refractivity contribution in [1.82, 2.24) is 14.7 Å². The number of hydrogen-bond acceptors (Lipinski definition) is 6. The van der Waals surface area contributed by atoms with E-state index in [9.17, 15) is 19.6 Å². The maximum atomic E-state index is 13.3. The van der Waals surface area contributed by atoms with Gasteiger partial charge >= 0.3 is 0 Å². The molecule has 168 valence electrons. The molecule has 1 aromatic rings. The molecule has 3 amide bonds. The first-order chi connectivity index (χ1) is 15.4. The van der Waals surface area contributed by atoms with E-state index in [0.29, 0.717) is 31.6 Å². The zero-order chi connectivity index (χ0) is 22.6. The Balaban J connectivity index is 1.25. The van der Waals surface area contributed by atoms with E-state index in [1.807, 2.05) is 21.9 Å². The number of rotatable bonds is 5. The molecule has 3 aliphatic heterocycles. The largest absolute Gasteiger partial charge is 0.366 e. The average Bonchev–Trinajstić information content (AvgIpc) is 3.55. The molecule has 0 saturated carbocycles. The number of nitrogens with zero attached hydrogens (tertiary/aromatic N) is 4. The fourth-order valence-electron chi connectivity index (χ4n) is 6.05. The highest BCUT2D eigenvalue weighted by atomic mass is 16.2. The summed E-state index contributed by atoms with van der Waals surface area (Å²) in [6.07, 6.45) is 3.93. The van der Waals surface area contributed by atoms with E-state index in [4.69, 9.17) is 11.5 Å². The van der Waals surface area contributed by atoms with Crippen LogP contribution in [0, 0.1) is 11.3 Å². The number of carbonyl (C=O) groups is 3. The molecule has 5 atom stereocenters. The molecular formula is C23H28N6O3. The number of benzene rings is 1. The summed E-state index contributed by atoms with van der Waals surface area (Å²) in [5.74, 6) is -0.547. The Hall–Kier alpha value is -2.96. The number of primary amides is 1. The zero-order valence-electron chi connectivity index (χ0n) is 17.9. The van der Waals surface area contributed by atoms with Crippen molar-refractivity contribution in [3.63, 3.8) is 0 Å². The molecule has 5 rings (SSSR count). The predicted molar refractivity (Wildman–Crippen MR) is 115 cm³/mol. The highest BCUT2D eigenvalue weighted by molar-refractivity contribution is 5.93. The van der Waals surface area contributed by atoms with E-state index >= 15 is 0 Å². The van der Waals surface area contributed by atoms with Crippen LogP contribution in [0.15, 0.2) is 18.2 Å². The molecule has 3 saturated heterocycles. The standard InChI is InChI=1S/C23H28N6O3/c24-10-15-2-1-7-28(15)22(31)18(25)12-27-11-16-9-20(27)23(32)29(16)19-6-4-13-8-14(21(26)30)3-5-17(13)19/h3,5,8,15-16,18-20H,1-2,4,6-7,9,11-12,25H2,(H2,26,30)/t15-,16+,18-,19+,20+/m0/s1. The number of fused-ring (bicyclic) bond motifs is 3. The summed E-state index contributed by atoms with van der Waals surface area (Å²) in [6, 6.07) is 6.44. The molecule has 1 aromatic carbocycles. The van der Waals surface area contributed by atoms with E-state index in [2.05, 4.69) is 6.07 Å². The van der Waals surface area contributed by atoms with Crippen molar-refractivity contribution >= 4 is 17.7 Å². The van der Waals surface area contributed by atoms with Gasteiger partial charge in [-0.05, 0) is 55.4 Å². The van der Waals surface area contributed by atoms with Crippen LogP contribution in [0.1, 0.15) is 53.2 Å². The molecule has 9 nitrogen and oxygen atoms in total. The van der Waals surface area contributed by atoms with E-state index < -0.39 is 18.0 Å². The van der Waals surface area contributed by atoms with E-state index in [1.54, 1.807) is 11.0 Å². The maximum Gasteiger partial charge on any atom is 0.248 e. The van der Waals surface area contributed by atoms with Crippen LogP contribution in [0.3, 0.4) is 0 Å². The molecule has 0 unspecified atom stereocenters. The monoisotopic (exact) mass is 436 g/mol. The molecule has 1 aliphatic carbocycles. The summed E-state index contributed by atoms with van der Waals surface area (Å²) in [6.45, 7) is 1.60. The minimum Gasteiger partial charge on any atom is -0.366 e. The van der Waals surface area contributed by atoms with Crippen LogP contribution < -0.4 is 11.5 Å². The second kappa shape index (κ2) is 7.87. The molecule has 0 aromatic heterocycles. The van der Waals surface area contributed by atoms with Gasteiger partial charge < -0.3 is 21.3 Å². The molecule has 2 bridgehead atoms. The minimum absolute atomic E-state index is 0.0212. The summed E-state index contributed by atoms with van der Waals surface area (Å²) >= 11 is 0. The molecule has 32 heavy (non-hydrogen) atoms. The van der Waals surface area contributed by atoms with E-state index in [-0.39, 0.29) is 29.9 Å². The summed E-state index contributed by atoms with van der Waals surface area (Å²) < 4.78 is 0. The second-order valence-corrected chi connectivity index (χ2v) is 9.36. The minimum atomic E-state index is -0.732. The summed E-state index contributed by atoms with van der Waals surface area (Å²) in [7, 11) is 0. The number of amides is 3. The van der Waals surface area contributed by atoms with Crippen LogP contribution in [0.5, 0.6) is 0 Å². The molecule has 3 fully saturated rings. The van der Waals surface area contributed by atoms with E-state index in [1.165, 1.54) is 0 Å². The van der Waals surface area contributed by atoms with Gasteiger partial charge in [0.15, 0.2) is 0 Å². The number of likely N-dealkylation sites (tertiary alicyclic amines) is 3. The van der Waals surface area contributed by atoms with Gasteiger partial charge in [-0.15, -0.1) is 0 Å². The van der Waals surface area contributed by atoms with Gasteiger partial charge in [0.2, 0.25) is 17.7 Å². The van der Waals surface area contributed by atoms with Gasteiger partial charge in [-0.3, -0.25) is 19.3 Å². The lowest BCUT2D eigenvalue weighted by molar-refractivity contribution is -0.141. The Morgan fingerprint density at radius 3 is 2.78 bits per heavy atom. The molecule has 9 heteroatoms. The number of carbonyl (C=O) groups excluding carboxylic acids is 3. The third-order valence-electron chi connectivity index (χ3n) is 7.56. The Labute approximate surface area is 186 Å². The highest BCUT2D eigenvalue weighted by Crippen LogP contribution is 2.44. The Kier molecular flexibility index (Phi) is 5.14. The van der Waals surface area contributed by atoms with Crippen molar-refractivity contribution in [2.75, 3.05) is 19.6 Å². The van der Waals surface area contributed by atoms with Crippen LogP contribution in [0.25, 0.3) is 0 Å². The lowest BCUT2D eigenvalue weighted by Crippen LogP contribution is -2.56. The number of nitrogens with two attached hydrogens (primary N) is 2. The summed E-state index contributed by atoms with van der Waals surface area (Å²) in [4.78, 5) is 43.2. The quantitative estimate of drug-likeness (QED) is 0.661. The van der Waals surface area contributed by atoms with Crippen LogP contribution in [-0.4, -0.2) is 76.2 Å². The number of hydrogen-bond donors (Lipinski definition) is 2. The smallest absolute Gasteiger partial charge is 0.248 e. The predicted octanol–water partition coefficient (Wildman–Crippen LogP) is -0.100. The number of nitriles is 1. The molecule has 4 N–H and O–H groups in total. The fraction of sp³-hybridized carbons (Fsp3) is 0.565. The molecule has 0 spiro atoms. The summed E-state index contributed by atoms with van der Waals surface area (Å²) in [5, 5.41) is 9.25. The first-order valence-corrected chi connectivity index (χ1v) is 11.3.